The van der Waals surface area contributed by atoms with Crippen LogP contribution in [0.15, 0.2) is 46.9 Å². The van der Waals surface area contributed by atoms with Crippen LogP contribution in [0, 0.1) is 5.82 Å². The van der Waals surface area contributed by atoms with Gasteiger partial charge in [-0.15, -0.1) is 0 Å². The van der Waals surface area contributed by atoms with Crippen LogP contribution < -0.4 is 5.32 Å². The monoisotopic (exact) mass is 309 g/mol. The van der Waals surface area contributed by atoms with Crippen molar-refractivity contribution in [3.63, 3.8) is 0 Å². The Kier molecular flexibility index (Phi) is 3.62. The van der Waals surface area contributed by atoms with Gasteiger partial charge in [-0.25, -0.2) is 9.18 Å². The van der Waals surface area contributed by atoms with Gasteiger partial charge in [0.2, 0.25) is 0 Å². The molecular weight excluding hydrogens is 301 g/mol. The Hall–Kier alpha value is -1.88. The molecule has 0 atom stereocenters. The Morgan fingerprint density at radius 2 is 1.83 bits per heavy atom. The molecule has 0 bridgehead atoms. The van der Waals surface area contributed by atoms with Crippen LogP contribution in [0.3, 0.4) is 0 Å². The van der Waals surface area contributed by atoms with Gasteiger partial charge in [0.05, 0.1) is 11.3 Å². The minimum absolute atomic E-state index is 0.0349. The SMILES string of the molecule is O=C(O)c1cccc(F)c1Nc1ccc(Br)cc1. The molecule has 2 aromatic carbocycles. The van der Waals surface area contributed by atoms with Crippen LogP contribution in [-0.4, -0.2) is 11.1 Å². The number of hydrogen-bond acceptors (Lipinski definition) is 2. The van der Waals surface area contributed by atoms with Crippen molar-refractivity contribution in [2.45, 2.75) is 0 Å². The fraction of sp³-hybridized carbons (Fsp3) is 0. The van der Waals surface area contributed by atoms with Crippen LogP contribution in [-0.2, 0) is 0 Å². The van der Waals surface area contributed by atoms with Crippen LogP contribution in [0.2, 0.25) is 0 Å². The minimum atomic E-state index is -1.17. The number of para-hydroxylation sites is 1. The van der Waals surface area contributed by atoms with E-state index >= 15 is 0 Å². The first kappa shape index (κ1) is 12.6. The van der Waals surface area contributed by atoms with Gasteiger partial charge in [-0.3, -0.25) is 0 Å². The normalized spacial score (nSPS) is 10.1. The van der Waals surface area contributed by atoms with Crippen molar-refractivity contribution >= 4 is 33.3 Å². The highest BCUT2D eigenvalue weighted by molar-refractivity contribution is 9.10. The summed E-state index contributed by atoms with van der Waals surface area (Å²) in [7, 11) is 0. The maximum absolute atomic E-state index is 13.6. The van der Waals surface area contributed by atoms with Crippen LogP contribution in [0.5, 0.6) is 0 Å². The molecule has 2 rings (SSSR count). The van der Waals surface area contributed by atoms with Crippen LogP contribution >= 0.6 is 15.9 Å². The van der Waals surface area contributed by atoms with Crippen molar-refractivity contribution in [2.75, 3.05) is 5.32 Å². The van der Waals surface area contributed by atoms with E-state index in [9.17, 15) is 9.18 Å². The molecule has 92 valence electrons. The summed E-state index contributed by atoms with van der Waals surface area (Å²) in [5, 5.41) is 11.8. The first-order valence-corrected chi connectivity index (χ1v) is 5.91. The van der Waals surface area contributed by atoms with Crippen LogP contribution in [0.4, 0.5) is 15.8 Å². The maximum Gasteiger partial charge on any atom is 0.337 e. The Morgan fingerprint density at radius 1 is 1.17 bits per heavy atom. The van der Waals surface area contributed by atoms with E-state index in [2.05, 4.69) is 21.2 Å². The number of carboxylic acid groups (broad SMARTS) is 1. The summed E-state index contributed by atoms with van der Waals surface area (Å²) in [4.78, 5) is 11.0. The number of benzene rings is 2. The average Bonchev–Trinajstić information content (AvgIpc) is 2.34. The zero-order valence-corrected chi connectivity index (χ0v) is 10.7. The van der Waals surface area contributed by atoms with E-state index in [1.54, 1.807) is 24.3 Å². The Morgan fingerprint density at radius 3 is 2.44 bits per heavy atom. The van der Waals surface area contributed by atoms with Gasteiger partial charge in [0.1, 0.15) is 5.82 Å². The van der Waals surface area contributed by atoms with E-state index in [1.165, 1.54) is 18.2 Å². The van der Waals surface area contributed by atoms with Crippen molar-refractivity contribution in [3.8, 4) is 0 Å². The van der Waals surface area contributed by atoms with Gasteiger partial charge < -0.3 is 10.4 Å². The van der Waals surface area contributed by atoms with E-state index in [0.717, 1.165) is 4.47 Å². The van der Waals surface area contributed by atoms with Gasteiger partial charge in [-0.1, -0.05) is 22.0 Å². The van der Waals surface area contributed by atoms with Gasteiger partial charge in [0.15, 0.2) is 0 Å². The van der Waals surface area contributed by atoms with Crippen molar-refractivity contribution in [1.82, 2.24) is 0 Å². The van der Waals surface area contributed by atoms with Crippen molar-refractivity contribution in [1.29, 1.82) is 0 Å². The van der Waals surface area contributed by atoms with Crippen molar-refractivity contribution in [2.24, 2.45) is 0 Å². The summed E-state index contributed by atoms with van der Waals surface area (Å²) in [5.74, 6) is -1.77. The molecule has 0 saturated heterocycles. The highest BCUT2D eigenvalue weighted by Crippen LogP contribution is 2.25. The lowest BCUT2D eigenvalue weighted by Crippen LogP contribution is -2.04. The molecule has 2 aromatic rings. The second-order valence-electron chi connectivity index (χ2n) is 3.60. The molecule has 0 radical (unpaired) electrons. The summed E-state index contributed by atoms with van der Waals surface area (Å²) in [6.07, 6.45) is 0. The number of carboxylic acids is 1. The number of halogens is 2. The fourth-order valence-electron chi connectivity index (χ4n) is 1.51. The number of anilines is 2. The summed E-state index contributed by atoms with van der Waals surface area (Å²) in [6.45, 7) is 0. The van der Waals surface area contributed by atoms with Crippen molar-refractivity contribution < 1.29 is 14.3 Å². The second-order valence-corrected chi connectivity index (χ2v) is 4.52. The first-order chi connectivity index (χ1) is 8.58. The number of carbonyl (C=O) groups is 1. The van der Waals surface area contributed by atoms with E-state index in [4.69, 9.17) is 5.11 Å². The summed E-state index contributed by atoms with van der Waals surface area (Å²) in [6, 6.07) is 10.9. The van der Waals surface area contributed by atoms with Gasteiger partial charge in [-0.05, 0) is 36.4 Å². The third-order valence-corrected chi connectivity index (χ3v) is 2.89. The Labute approximate surface area is 111 Å². The number of nitrogens with one attached hydrogen (secondary N) is 1. The molecule has 0 fully saturated rings. The molecule has 0 aliphatic rings. The van der Waals surface area contributed by atoms with Crippen molar-refractivity contribution in [3.05, 3.63) is 58.3 Å². The van der Waals surface area contributed by atoms with Crippen LogP contribution in [0.25, 0.3) is 0 Å². The molecule has 3 nitrogen and oxygen atoms in total. The number of aromatic carboxylic acids is 1. The fourth-order valence-corrected chi connectivity index (χ4v) is 1.77. The average molecular weight is 310 g/mol. The lowest BCUT2D eigenvalue weighted by atomic mass is 10.1. The summed E-state index contributed by atoms with van der Waals surface area (Å²) in [5.41, 5.74) is 0.482. The molecule has 5 heteroatoms. The molecule has 0 aliphatic carbocycles. The maximum atomic E-state index is 13.6. The molecule has 18 heavy (non-hydrogen) atoms. The molecular formula is C13H9BrFNO2. The quantitative estimate of drug-likeness (QED) is 0.900. The molecule has 0 heterocycles. The highest BCUT2D eigenvalue weighted by Gasteiger charge is 2.14. The predicted molar refractivity (Wildman–Crippen MR) is 70.8 cm³/mol. The predicted octanol–water partition coefficient (Wildman–Crippen LogP) is 4.03. The van der Waals surface area contributed by atoms with E-state index < -0.39 is 11.8 Å². The Bertz CT molecular complexity index is 584. The van der Waals surface area contributed by atoms with Gasteiger partial charge in [0, 0.05) is 10.2 Å². The smallest absolute Gasteiger partial charge is 0.337 e. The molecule has 0 aliphatic heterocycles. The minimum Gasteiger partial charge on any atom is -0.478 e. The molecule has 0 aromatic heterocycles. The van der Waals surface area contributed by atoms with Gasteiger partial charge >= 0.3 is 5.97 Å². The lowest BCUT2D eigenvalue weighted by molar-refractivity contribution is 0.0697. The largest absolute Gasteiger partial charge is 0.478 e. The number of rotatable bonds is 3. The standard InChI is InChI=1S/C13H9BrFNO2/c14-8-4-6-9(7-5-8)16-12-10(13(17)18)2-1-3-11(12)15/h1-7,16H,(H,17,18). The van der Waals surface area contributed by atoms with Gasteiger partial charge in [-0.2, -0.15) is 0 Å². The second kappa shape index (κ2) is 5.18. The zero-order chi connectivity index (χ0) is 13.1. The van der Waals surface area contributed by atoms with E-state index in [-0.39, 0.29) is 11.3 Å². The summed E-state index contributed by atoms with van der Waals surface area (Å²) < 4.78 is 14.5. The number of hydrogen-bond donors (Lipinski definition) is 2. The third-order valence-electron chi connectivity index (χ3n) is 2.36. The first-order valence-electron chi connectivity index (χ1n) is 5.12. The van der Waals surface area contributed by atoms with Gasteiger partial charge in [0.25, 0.3) is 0 Å². The summed E-state index contributed by atoms with van der Waals surface area (Å²) >= 11 is 3.29. The molecule has 2 N–H and O–H groups in total. The van der Waals surface area contributed by atoms with Crippen LogP contribution in [0.1, 0.15) is 10.4 Å². The molecule has 0 amide bonds. The Balaban J connectivity index is 2.39. The van der Waals surface area contributed by atoms with E-state index in [0.29, 0.717) is 5.69 Å². The van der Waals surface area contributed by atoms with E-state index in [1.807, 2.05) is 0 Å². The third kappa shape index (κ3) is 2.68. The molecule has 0 spiro atoms. The topological polar surface area (TPSA) is 49.3 Å². The molecule has 0 saturated carbocycles. The zero-order valence-electron chi connectivity index (χ0n) is 9.15. The lowest BCUT2D eigenvalue weighted by Gasteiger charge is -2.10. The highest BCUT2D eigenvalue weighted by atomic mass is 79.9. The molecule has 0 unspecified atom stereocenters.